The predicted molar refractivity (Wildman–Crippen MR) is 175 cm³/mol. The fraction of sp³-hybridized carbons (Fsp3) is 0.618. The number of ether oxygens (including phenoxy) is 6. The van der Waals surface area contributed by atoms with Crippen LogP contribution in [0.25, 0.3) is 0 Å². The maximum absolute atomic E-state index is 12.4. The maximum atomic E-state index is 12.4. The van der Waals surface area contributed by atoms with E-state index in [1.165, 1.54) is 12.2 Å². The summed E-state index contributed by atoms with van der Waals surface area (Å²) in [6.45, 7) is 7.28. The van der Waals surface area contributed by atoms with Crippen molar-refractivity contribution in [2.45, 2.75) is 77.3 Å². The summed E-state index contributed by atoms with van der Waals surface area (Å²) < 4.78 is 33.0. The van der Waals surface area contributed by atoms with E-state index in [9.17, 15) is 44.4 Å². The Morgan fingerprint density at radius 3 is 2.14 bits per heavy atom. The lowest BCUT2D eigenvalue weighted by atomic mass is 9.97. The minimum Gasteiger partial charge on any atom is -0.479 e. The van der Waals surface area contributed by atoms with Crippen LogP contribution in [-0.2, 0) is 60.7 Å². The summed E-state index contributed by atoms with van der Waals surface area (Å²) in [6.07, 6.45) is -5.33. The number of aliphatic hydroxyl groups is 3. The first kappa shape index (κ1) is 41.5. The van der Waals surface area contributed by atoms with Crippen molar-refractivity contribution in [2.24, 2.45) is 5.41 Å². The summed E-state index contributed by atoms with van der Waals surface area (Å²) in [4.78, 5) is 59.8. The molecule has 0 saturated carbocycles. The van der Waals surface area contributed by atoms with Gasteiger partial charge < -0.3 is 54.2 Å². The van der Waals surface area contributed by atoms with Gasteiger partial charge in [0.05, 0.1) is 38.4 Å². The van der Waals surface area contributed by atoms with Gasteiger partial charge in [0.25, 0.3) is 11.8 Å². The second kappa shape index (κ2) is 20.2. The Bertz CT molecular complexity index is 1360. The molecule has 51 heavy (non-hydrogen) atoms. The molecule has 17 heteroatoms. The summed E-state index contributed by atoms with van der Waals surface area (Å²) >= 11 is 0. The molecule has 0 spiro atoms. The zero-order valence-corrected chi connectivity index (χ0v) is 29.0. The quantitative estimate of drug-likeness (QED) is 0.0608. The molecule has 0 unspecified atom stereocenters. The van der Waals surface area contributed by atoms with E-state index in [-0.39, 0.29) is 44.4 Å². The number of nitrogens with zero attached hydrogens (tertiary/aromatic N) is 1. The van der Waals surface area contributed by atoms with Crippen LogP contribution in [-0.4, -0.2) is 138 Å². The summed E-state index contributed by atoms with van der Waals surface area (Å²) in [5, 5.41) is 42.5. The largest absolute Gasteiger partial charge is 0.479 e. The Morgan fingerprint density at radius 1 is 0.882 bits per heavy atom. The number of aliphatic hydroxyl groups excluding tert-OH is 3. The zero-order chi connectivity index (χ0) is 37.6. The lowest BCUT2D eigenvalue weighted by Crippen LogP contribution is -2.61. The van der Waals surface area contributed by atoms with E-state index in [4.69, 9.17) is 28.4 Å². The lowest BCUT2D eigenvalue weighted by molar-refractivity contribution is -0.271. The standard InChI is InChI=1S/C34H48N2O15/c1-34(2,3)33(45)49-20-22-19-21(6-7-23(22)50-32-29(42)27(40)28(41)30(51-32)31(43)44)5-4-13-46-15-17-48-18-16-47-14-11-35-24(37)10-12-36-25(38)8-9-26(36)39/h6-9,19,27-30,32,40-42H,4-5,10-18,20H2,1-3H3,(H,35,37)(H,43,44)/t27-,28-,29+,30-,32+/m0/s1. The molecular weight excluding hydrogens is 676 g/mol. The minimum atomic E-state index is -1.87. The number of rotatable bonds is 21. The number of aliphatic carboxylic acids is 1. The number of nitrogens with one attached hydrogen (secondary N) is 1. The maximum Gasteiger partial charge on any atom is 0.335 e. The Labute approximate surface area is 295 Å². The van der Waals surface area contributed by atoms with Crippen LogP contribution in [0.15, 0.2) is 30.4 Å². The first-order chi connectivity index (χ1) is 24.2. The molecule has 5 N–H and O–H groups in total. The Morgan fingerprint density at radius 2 is 1.51 bits per heavy atom. The molecule has 2 aliphatic heterocycles. The molecule has 2 heterocycles. The first-order valence-corrected chi connectivity index (χ1v) is 16.6. The molecule has 5 atom stereocenters. The van der Waals surface area contributed by atoms with Gasteiger partial charge in [0, 0.05) is 43.8 Å². The highest BCUT2D eigenvalue weighted by atomic mass is 16.7. The Balaban J connectivity index is 1.33. The topological polar surface area (TPSA) is 237 Å². The molecule has 0 bridgehead atoms. The van der Waals surface area contributed by atoms with Crippen molar-refractivity contribution in [3.8, 4) is 5.75 Å². The molecule has 2 aliphatic rings. The van der Waals surface area contributed by atoms with Gasteiger partial charge in [-0.2, -0.15) is 0 Å². The van der Waals surface area contributed by atoms with Crippen LogP contribution < -0.4 is 10.1 Å². The summed E-state index contributed by atoms with van der Waals surface area (Å²) in [5.74, 6) is -3.03. The van der Waals surface area contributed by atoms with Crippen LogP contribution in [0.2, 0.25) is 0 Å². The molecule has 1 saturated heterocycles. The number of amides is 3. The van der Waals surface area contributed by atoms with E-state index in [0.717, 1.165) is 10.5 Å². The molecule has 1 aromatic carbocycles. The number of carbonyl (C=O) groups excluding carboxylic acids is 4. The number of hydrogen-bond acceptors (Lipinski definition) is 14. The van der Waals surface area contributed by atoms with E-state index in [0.29, 0.717) is 51.4 Å². The summed E-state index contributed by atoms with van der Waals surface area (Å²) in [7, 11) is 0. The highest BCUT2D eigenvalue weighted by molar-refractivity contribution is 6.13. The third-order valence-electron chi connectivity index (χ3n) is 7.68. The third kappa shape index (κ3) is 13.3. The van der Waals surface area contributed by atoms with Crippen molar-refractivity contribution in [3.05, 3.63) is 41.5 Å². The van der Waals surface area contributed by atoms with Gasteiger partial charge in [-0.25, -0.2) is 4.79 Å². The monoisotopic (exact) mass is 724 g/mol. The van der Waals surface area contributed by atoms with Gasteiger partial charge in [0.15, 0.2) is 6.10 Å². The Hall–Kier alpha value is -3.97. The first-order valence-electron chi connectivity index (χ1n) is 16.6. The number of imide groups is 1. The van der Waals surface area contributed by atoms with Crippen LogP contribution in [0.4, 0.5) is 0 Å². The fourth-order valence-corrected chi connectivity index (χ4v) is 4.79. The van der Waals surface area contributed by atoms with E-state index < -0.39 is 59.9 Å². The lowest BCUT2D eigenvalue weighted by Gasteiger charge is -2.38. The highest BCUT2D eigenvalue weighted by Crippen LogP contribution is 2.29. The van der Waals surface area contributed by atoms with Crippen molar-refractivity contribution in [3.63, 3.8) is 0 Å². The van der Waals surface area contributed by atoms with E-state index in [2.05, 4.69) is 5.32 Å². The molecule has 3 rings (SSSR count). The van der Waals surface area contributed by atoms with Gasteiger partial charge in [0.2, 0.25) is 12.2 Å². The number of carboxylic acids is 1. The molecule has 17 nitrogen and oxygen atoms in total. The van der Waals surface area contributed by atoms with Crippen LogP contribution in [0.1, 0.15) is 44.7 Å². The number of aryl methyl sites for hydroxylation is 1. The molecule has 0 aliphatic carbocycles. The van der Waals surface area contributed by atoms with Crippen LogP contribution in [0, 0.1) is 5.41 Å². The van der Waals surface area contributed by atoms with E-state index in [1.807, 2.05) is 0 Å². The van der Waals surface area contributed by atoms with Crippen molar-refractivity contribution in [1.29, 1.82) is 0 Å². The van der Waals surface area contributed by atoms with Gasteiger partial charge >= 0.3 is 11.9 Å². The van der Waals surface area contributed by atoms with Gasteiger partial charge in [0.1, 0.15) is 30.7 Å². The van der Waals surface area contributed by atoms with Gasteiger partial charge in [-0.3, -0.25) is 24.1 Å². The molecule has 1 fully saturated rings. The van der Waals surface area contributed by atoms with Gasteiger partial charge in [-0.05, 0) is 51.3 Å². The van der Waals surface area contributed by atoms with Crippen LogP contribution in [0.3, 0.4) is 0 Å². The van der Waals surface area contributed by atoms with Crippen LogP contribution in [0.5, 0.6) is 5.75 Å². The number of carbonyl (C=O) groups is 5. The summed E-state index contributed by atoms with van der Waals surface area (Å²) in [6, 6.07) is 5.04. The number of esters is 1. The molecular formula is C34H48N2O15. The predicted octanol–water partition coefficient (Wildman–Crippen LogP) is -0.539. The van der Waals surface area contributed by atoms with E-state index >= 15 is 0 Å². The third-order valence-corrected chi connectivity index (χ3v) is 7.68. The van der Waals surface area contributed by atoms with Crippen LogP contribution >= 0.6 is 0 Å². The summed E-state index contributed by atoms with van der Waals surface area (Å²) in [5.41, 5.74) is 0.498. The van der Waals surface area contributed by atoms with Crippen molar-refractivity contribution in [1.82, 2.24) is 10.2 Å². The smallest absolute Gasteiger partial charge is 0.335 e. The zero-order valence-electron chi connectivity index (χ0n) is 29.0. The van der Waals surface area contributed by atoms with Gasteiger partial charge in [-0.15, -0.1) is 0 Å². The number of hydrogen-bond donors (Lipinski definition) is 5. The Kier molecular flexibility index (Phi) is 16.4. The minimum absolute atomic E-state index is 0.0126. The van der Waals surface area contributed by atoms with E-state index in [1.54, 1.807) is 39.0 Å². The SMILES string of the molecule is CC(C)(C)C(=O)OCc1cc(CCCOCCOCCOCCNC(=O)CCN2C(=O)C=CC2=O)ccc1O[C@@H]1O[C@H](C(=O)O)[C@@H](O)[C@H](O)[C@H]1O. The molecule has 3 amide bonds. The average molecular weight is 725 g/mol. The fourth-order valence-electron chi connectivity index (χ4n) is 4.79. The van der Waals surface area contributed by atoms with Gasteiger partial charge in [-0.1, -0.05) is 6.07 Å². The molecule has 0 radical (unpaired) electrons. The second-order valence-electron chi connectivity index (χ2n) is 12.8. The average Bonchev–Trinajstić information content (AvgIpc) is 3.40. The number of carboxylic acid groups (broad SMARTS) is 1. The molecule has 1 aromatic rings. The van der Waals surface area contributed by atoms with Crippen molar-refractivity contribution >= 4 is 29.7 Å². The number of benzene rings is 1. The van der Waals surface area contributed by atoms with Crippen molar-refractivity contribution < 1.29 is 72.8 Å². The second-order valence-corrected chi connectivity index (χ2v) is 12.8. The molecule has 0 aromatic heterocycles. The van der Waals surface area contributed by atoms with Crippen molar-refractivity contribution in [2.75, 3.05) is 52.7 Å². The normalized spacial score (nSPS) is 21.9. The highest BCUT2D eigenvalue weighted by Gasteiger charge is 2.48. The molecule has 284 valence electrons.